The minimum atomic E-state index is -0.409. The number of esters is 1. The third kappa shape index (κ3) is 2.33. The van der Waals surface area contributed by atoms with E-state index in [4.69, 9.17) is 4.74 Å². The second-order valence-electron chi connectivity index (χ2n) is 5.17. The molecule has 4 nitrogen and oxygen atoms in total. The van der Waals surface area contributed by atoms with Crippen molar-refractivity contribution >= 4 is 17.3 Å². The van der Waals surface area contributed by atoms with Crippen LogP contribution in [0.2, 0.25) is 0 Å². The molecule has 0 radical (unpaired) electrons. The number of hydrogen-bond acceptors (Lipinski definition) is 3. The fourth-order valence-electron chi connectivity index (χ4n) is 3.03. The quantitative estimate of drug-likeness (QED) is 0.643. The highest BCUT2D eigenvalue weighted by atomic mass is 19.1. The van der Waals surface area contributed by atoms with E-state index in [1.54, 1.807) is 19.1 Å². The van der Waals surface area contributed by atoms with Gasteiger partial charge in [-0.3, -0.25) is 14.0 Å². The Morgan fingerprint density at radius 2 is 2.19 bits per heavy atom. The summed E-state index contributed by atoms with van der Waals surface area (Å²) in [5.41, 5.74) is 3.05. The van der Waals surface area contributed by atoms with Crippen LogP contribution in [0.15, 0.2) is 18.2 Å². The number of fused-ring (bicyclic) bond motifs is 3. The summed E-state index contributed by atoms with van der Waals surface area (Å²) in [7, 11) is 0. The third-order valence-electron chi connectivity index (χ3n) is 3.88. The maximum atomic E-state index is 14.1. The molecule has 0 amide bonds. The van der Waals surface area contributed by atoms with Gasteiger partial charge in [0, 0.05) is 18.5 Å². The molecule has 2 heterocycles. The van der Waals surface area contributed by atoms with Gasteiger partial charge in [0.05, 0.1) is 18.5 Å². The van der Waals surface area contributed by atoms with Gasteiger partial charge in [0.1, 0.15) is 5.78 Å². The van der Waals surface area contributed by atoms with Gasteiger partial charge in [-0.2, -0.15) is 4.39 Å². The van der Waals surface area contributed by atoms with Crippen LogP contribution < -0.4 is 0 Å². The largest absolute Gasteiger partial charge is 0.466 e. The molecular weight excluding hydrogens is 273 g/mol. The fraction of sp³-hybridized carbons (Fsp3) is 0.375. The zero-order chi connectivity index (χ0) is 15.0. The SMILES string of the molecule is CCOC(=O)Cc1c2c(n3c(F)cccc13)CC(=O)CC2. The summed E-state index contributed by atoms with van der Waals surface area (Å²) < 4.78 is 20.6. The van der Waals surface area contributed by atoms with Crippen LogP contribution in [0.3, 0.4) is 0 Å². The molecule has 3 rings (SSSR count). The van der Waals surface area contributed by atoms with Crippen molar-refractivity contribution in [1.82, 2.24) is 4.40 Å². The van der Waals surface area contributed by atoms with E-state index >= 15 is 0 Å². The van der Waals surface area contributed by atoms with E-state index in [-0.39, 0.29) is 24.6 Å². The van der Waals surface area contributed by atoms with Crippen molar-refractivity contribution in [2.75, 3.05) is 6.61 Å². The number of hydrogen-bond donors (Lipinski definition) is 0. The topological polar surface area (TPSA) is 47.8 Å². The van der Waals surface area contributed by atoms with Gasteiger partial charge in [-0.05, 0) is 36.6 Å². The minimum absolute atomic E-state index is 0.104. The standard InChI is InChI=1S/C16H16FNO3/c1-2-21-16(20)9-12-11-7-6-10(19)8-14(11)18-13(12)4-3-5-15(18)17/h3-5H,2,6-9H2,1H3. The number of aromatic nitrogens is 1. The Kier molecular flexibility index (Phi) is 3.49. The average Bonchev–Trinajstić information content (AvgIpc) is 2.74. The summed E-state index contributed by atoms with van der Waals surface area (Å²) in [6.07, 6.45) is 1.34. The van der Waals surface area contributed by atoms with E-state index < -0.39 is 5.95 Å². The maximum absolute atomic E-state index is 14.1. The van der Waals surface area contributed by atoms with Gasteiger partial charge in [0.25, 0.3) is 0 Å². The molecule has 21 heavy (non-hydrogen) atoms. The van der Waals surface area contributed by atoms with Crippen LogP contribution >= 0.6 is 0 Å². The zero-order valence-corrected chi connectivity index (χ0v) is 11.8. The molecule has 0 bridgehead atoms. The highest BCUT2D eigenvalue weighted by Gasteiger charge is 2.26. The number of halogens is 1. The second-order valence-corrected chi connectivity index (χ2v) is 5.17. The van der Waals surface area contributed by atoms with Crippen molar-refractivity contribution in [2.45, 2.75) is 32.6 Å². The lowest BCUT2D eigenvalue weighted by Crippen LogP contribution is -2.16. The first kappa shape index (κ1) is 13.8. The Bertz CT molecular complexity index is 733. The molecule has 0 aliphatic heterocycles. The van der Waals surface area contributed by atoms with Gasteiger partial charge in [-0.15, -0.1) is 0 Å². The molecule has 2 aromatic heterocycles. The number of pyridine rings is 1. The Balaban J connectivity index is 2.17. The highest BCUT2D eigenvalue weighted by Crippen LogP contribution is 2.30. The van der Waals surface area contributed by atoms with Crippen LogP contribution in [0.4, 0.5) is 4.39 Å². The fourth-order valence-corrected chi connectivity index (χ4v) is 3.03. The number of ketones is 1. The molecule has 0 saturated carbocycles. The van der Waals surface area contributed by atoms with Crippen LogP contribution in [0, 0.1) is 5.95 Å². The molecule has 5 heteroatoms. The predicted octanol–water partition coefficient (Wildman–Crippen LogP) is 2.24. The van der Waals surface area contributed by atoms with E-state index in [9.17, 15) is 14.0 Å². The summed E-state index contributed by atoms with van der Waals surface area (Å²) >= 11 is 0. The molecule has 0 atom stereocenters. The van der Waals surface area contributed by atoms with Gasteiger partial charge in [-0.25, -0.2) is 0 Å². The Morgan fingerprint density at radius 3 is 2.95 bits per heavy atom. The van der Waals surface area contributed by atoms with Crippen molar-refractivity contribution in [3.63, 3.8) is 0 Å². The first-order chi connectivity index (χ1) is 10.1. The van der Waals surface area contributed by atoms with Gasteiger partial charge in [-0.1, -0.05) is 6.07 Å². The Morgan fingerprint density at radius 1 is 1.38 bits per heavy atom. The number of rotatable bonds is 3. The van der Waals surface area contributed by atoms with E-state index in [0.717, 1.165) is 11.1 Å². The van der Waals surface area contributed by atoms with E-state index in [2.05, 4.69) is 0 Å². The Labute approximate surface area is 121 Å². The van der Waals surface area contributed by atoms with Crippen LogP contribution in [0.25, 0.3) is 5.52 Å². The van der Waals surface area contributed by atoms with Crippen molar-refractivity contribution in [1.29, 1.82) is 0 Å². The molecule has 110 valence electrons. The normalized spacial score (nSPS) is 14.3. The summed E-state index contributed by atoms with van der Waals surface area (Å²) in [6, 6.07) is 4.76. The number of carbonyl (C=O) groups excluding carboxylic acids is 2. The summed E-state index contributed by atoms with van der Waals surface area (Å²) in [5, 5.41) is 0. The molecule has 1 aliphatic rings. The monoisotopic (exact) mass is 289 g/mol. The van der Waals surface area contributed by atoms with Gasteiger partial charge in [0.2, 0.25) is 0 Å². The summed E-state index contributed by atoms with van der Waals surface area (Å²) in [6.45, 7) is 2.07. The van der Waals surface area contributed by atoms with E-state index in [1.807, 2.05) is 0 Å². The number of ether oxygens (including phenoxy) is 1. The van der Waals surface area contributed by atoms with Gasteiger partial charge in [0.15, 0.2) is 5.95 Å². The van der Waals surface area contributed by atoms with Crippen LogP contribution in [0.5, 0.6) is 0 Å². The molecule has 1 aliphatic carbocycles. The molecule has 0 fully saturated rings. The molecule has 0 N–H and O–H groups in total. The zero-order valence-electron chi connectivity index (χ0n) is 11.8. The minimum Gasteiger partial charge on any atom is -0.466 e. The number of Topliss-reactive ketones (excluding diaryl/α,β-unsaturated/α-hetero) is 1. The van der Waals surface area contributed by atoms with Crippen LogP contribution in [-0.4, -0.2) is 22.8 Å². The van der Waals surface area contributed by atoms with E-state index in [1.165, 1.54) is 10.5 Å². The lowest BCUT2D eigenvalue weighted by molar-refractivity contribution is -0.142. The first-order valence-corrected chi connectivity index (χ1v) is 7.08. The van der Waals surface area contributed by atoms with Crippen molar-refractivity contribution in [3.05, 3.63) is 41.0 Å². The molecule has 0 saturated heterocycles. The second kappa shape index (κ2) is 5.31. The molecule has 0 unspecified atom stereocenters. The molecule has 0 spiro atoms. The highest BCUT2D eigenvalue weighted by molar-refractivity contribution is 5.86. The van der Waals surface area contributed by atoms with Crippen molar-refractivity contribution < 1.29 is 18.7 Å². The molecule has 0 aromatic carbocycles. The van der Waals surface area contributed by atoms with Gasteiger partial charge >= 0.3 is 5.97 Å². The summed E-state index contributed by atoms with van der Waals surface area (Å²) in [5.74, 6) is -0.629. The van der Waals surface area contributed by atoms with Crippen molar-refractivity contribution in [2.24, 2.45) is 0 Å². The van der Waals surface area contributed by atoms with Crippen LogP contribution in [0.1, 0.15) is 30.2 Å². The molecule has 2 aromatic rings. The number of nitrogens with zero attached hydrogens (tertiary/aromatic N) is 1. The lowest BCUT2D eigenvalue weighted by Gasteiger charge is -2.12. The maximum Gasteiger partial charge on any atom is 0.310 e. The van der Waals surface area contributed by atoms with Gasteiger partial charge < -0.3 is 4.74 Å². The Hall–Kier alpha value is -2.17. The van der Waals surface area contributed by atoms with E-state index in [0.29, 0.717) is 30.7 Å². The van der Waals surface area contributed by atoms with Crippen LogP contribution in [-0.2, 0) is 33.6 Å². The lowest BCUT2D eigenvalue weighted by atomic mass is 9.92. The smallest absolute Gasteiger partial charge is 0.310 e. The predicted molar refractivity (Wildman–Crippen MR) is 74.7 cm³/mol. The number of carbonyl (C=O) groups is 2. The molecular formula is C16H16FNO3. The summed E-state index contributed by atoms with van der Waals surface area (Å²) in [4.78, 5) is 23.5. The first-order valence-electron chi connectivity index (χ1n) is 7.08. The van der Waals surface area contributed by atoms with Crippen molar-refractivity contribution in [3.8, 4) is 0 Å². The third-order valence-corrected chi connectivity index (χ3v) is 3.88. The average molecular weight is 289 g/mol.